The maximum atomic E-state index is 12.3. The zero-order valence-corrected chi connectivity index (χ0v) is 13.0. The lowest BCUT2D eigenvalue weighted by atomic mass is 10.1. The van der Waals surface area contributed by atoms with Gasteiger partial charge in [0.25, 0.3) is 0 Å². The number of hydrogen-bond acceptors (Lipinski definition) is 5. The molecule has 1 unspecified atom stereocenters. The van der Waals surface area contributed by atoms with E-state index in [2.05, 4.69) is 5.32 Å². The molecule has 1 rings (SSSR count). The Bertz CT molecular complexity index is 513. The first-order valence-electron chi connectivity index (χ1n) is 6.98. The number of carbonyl (C=O) groups excluding carboxylic acids is 2. The van der Waals surface area contributed by atoms with Crippen LogP contribution in [-0.4, -0.2) is 43.0 Å². The third kappa shape index (κ3) is 3.87. The zero-order valence-electron chi connectivity index (χ0n) is 13.0. The number of nitrogen functional groups attached to an aromatic ring is 1. The molecule has 6 heteroatoms. The van der Waals surface area contributed by atoms with E-state index in [1.807, 2.05) is 13.8 Å². The number of rotatable bonds is 6. The summed E-state index contributed by atoms with van der Waals surface area (Å²) in [4.78, 5) is 25.8. The Hall–Kier alpha value is -2.24. The Kier molecular flexibility index (Phi) is 6.02. The number of amides is 1. The SMILES string of the molecule is CCN(CC)C(=O)C(C)Nc1c(N)cccc1C(=O)OC. The highest BCUT2D eigenvalue weighted by Gasteiger charge is 2.21. The predicted octanol–water partition coefficient (Wildman–Crippen LogP) is 1.72. The second-order valence-electron chi connectivity index (χ2n) is 4.64. The number of likely N-dealkylation sites (N-methyl/N-ethyl adjacent to an activating group) is 1. The summed E-state index contributed by atoms with van der Waals surface area (Å²) in [5, 5.41) is 3.03. The third-order valence-electron chi connectivity index (χ3n) is 3.31. The zero-order chi connectivity index (χ0) is 16.0. The number of nitrogens with zero attached hydrogens (tertiary/aromatic N) is 1. The lowest BCUT2D eigenvalue weighted by molar-refractivity contribution is -0.131. The molecule has 0 aliphatic rings. The number of esters is 1. The molecular weight excluding hydrogens is 270 g/mol. The van der Waals surface area contributed by atoms with E-state index < -0.39 is 12.0 Å². The number of nitrogens with one attached hydrogen (secondary N) is 1. The Morgan fingerprint density at radius 2 is 1.95 bits per heavy atom. The molecular formula is C15H23N3O3. The molecule has 0 aromatic heterocycles. The highest BCUT2D eigenvalue weighted by molar-refractivity contribution is 6.00. The number of methoxy groups -OCH3 is 1. The molecule has 3 N–H and O–H groups in total. The third-order valence-corrected chi connectivity index (χ3v) is 3.31. The van der Waals surface area contributed by atoms with Crippen molar-refractivity contribution in [3.05, 3.63) is 23.8 Å². The van der Waals surface area contributed by atoms with Gasteiger partial charge in [-0.15, -0.1) is 0 Å². The highest BCUT2D eigenvalue weighted by Crippen LogP contribution is 2.25. The molecule has 0 saturated heterocycles. The lowest BCUT2D eigenvalue weighted by Crippen LogP contribution is -2.41. The maximum absolute atomic E-state index is 12.3. The average molecular weight is 293 g/mol. The fraction of sp³-hybridized carbons (Fsp3) is 0.467. The molecule has 1 aromatic rings. The van der Waals surface area contributed by atoms with E-state index in [9.17, 15) is 9.59 Å². The maximum Gasteiger partial charge on any atom is 0.340 e. The molecule has 21 heavy (non-hydrogen) atoms. The van der Waals surface area contributed by atoms with E-state index in [0.29, 0.717) is 30.0 Å². The second kappa shape index (κ2) is 7.52. The van der Waals surface area contributed by atoms with Crippen LogP contribution in [0.4, 0.5) is 11.4 Å². The van der Waals surface area contributed by atoms with Crippen molar-refractivity contribution in [2.75, 3.05) is 31.2 Å². The first-order chi connectivity index (χ1) is 9.96. The van der Waals surface area contributed by atoms with Crippen molar-refractivity contribution < 1.29 is 14.3 Å². The van der Waals surface area contributed by atoms with Crippen LogP contribution in [0.2, 0.25) is 0 Å². The molecule has 0 aliphatic carbocycles. The van der Waals surface area contributed by atoms with Crippen molar-refractivity contribution in [1.82, 2.24) is 4.90 Å². The minimum atomic E-state index is -0.493. The van der Waals surface area contributed by atoms with Crippen molar-refractivity contribution in [1.29, 1.82) is 0 Å². The van der Waals surface area contributed by atoms with E-state index in [-0.39, 0.29) is 5.91 Å². The first kappa shape index (κ1) is 16.8. The Labute approximate surface area is 125 Å². The summed E-state index contributed by atoms with van der Waals surface area (Å²) in [6.07, 6.45) is 0. The number of benzene rings is 1. The second-order valence-corrected chi connectivity index (χ2v) is 4.64. The molecule has 6 nitrogen and oxygen atoms in total. The van der Waals surface area contributed by atoms with Gasteiger partial charge < -0.3 is 20.7 Å². The van der Waals surface area contributed by atoms with E-state index in [1.54, 1.807) is 30.0 Å². The first-order valence-corrected chi connectivity index (χ1v) is 6.98. The van der Waals surface area contributed by atoms with Crippen LogP contribution in [0.5, 0.6) is 0 Å². The minimum Gasteiger partial charge on any atom is -0.465 e. The molecule has 0 heterocycles. The molecule has 0 radical (unpaired) electrons. The van der Waals surface area contributed by atoms with Gasteiger partial charge in [0.15, 0.2) is 0 Å². The van der Waals surface area contributed by atoms with E-state index in [4.69, 9.17) is 10.5 Å². The fourth-order valence-corrected chi connectivity index (χ4v) is 2.10. The summed E-state index contributed by atoms with van der Waals surface area (Å²) in [6, 6.07) is 4.46. The van der Waals surface area contributed by atoms with Gasteiger partial charge in [-0.25, -0.2) is 4.79 Å². The number of hydrogen-bond donors (Lipinski definition) is 2. The summed E-state index contributed by atoms with van der Waals surface area (Å²) in [5.74, 6) is -0.536. The number of ether oxygens (including phenoxy) is 1. The summed E-state index contributed by atoms with van der Waals surface area (Å²) in [5.41, 5.74) is 7.05. The van der Waals surface area contributed by atoms with Gasteiger partial charge in [-0.2, -0.15) is 0 Å². The van der Waals surface area contributed by atoms with Gasteiger partial charge in [0.05, 0.1) is 24.0 Å². The molecule has 1 atom stereocenters. The van der Waals surface area contributed by atoms with Crippen molar-refractivity contribution in [2.24, 2.45) is 0 Å². The molecule has 116 valence electrons. The molecule has 1 aromatic carbocycles. The monoisotopic (exact) mass is 293 g/mol. The number of carbonyl (C=O) groups is 2. The number of para-hydroxylation sites is 1. The van der Waals surface area contributed by atoms with Crippen LogP contribution in [0.3, 0.4) is 0 Å². The summed E-state index contributed by atoms with van der Waals surface area (Å²) < 4.78 is 4.73. The van der Waals surface area contributed by atoms with Crippen molar-refractivity contribution >= 4 is 23.3 Å². The van der Waals surface area contributed by atoms with Crippen LogP contribution in [0.25, 0.3) is 0 Å². The van der Waals surface area contributed by atoms with Crippen LogP contribution in [0, 0.1) is 0 Å². The molecule has 0 bridgehead atoms. The minimum absolute atomic E-state index is 0.0425. The van der Waals surface area contributed by atoms with E-state index in [1.165, 1.54) is 7.11 Å². The van der Waals surface area contributed by atoms with Crippen molar-refractivity contribution in [3.8, 4) is 0 Å². The van der Waals surface area contributed by atoms with Crippen molar-refractivity contribution in [2.45, 2.75) is 26.8 Å². The molecule has 0 fully saturated rings. The molecule has 0 saturated carbocycles. The highest BCUT2D eigenvalue weighted by atomic mass is 16.5. The van der Waals surface area contributed by atoms with Gasteiger partial charge in [-0.3, -0.25) is 4.79 Å². The predicted molar refractivity (Wildman–Crippen MR) is 83.2 cm³/mol. The van der Waals surface area contributed by atoms with Gasteiger partial charge in [0.2, 0.25) is 5.91 Å². The fourth-order valence-electron chi connectivity index (χ4n) is 2.10. The van der Waals surface area contributed by atoms with Gasteiger partial charge in [-0.05, 0) is 32.9 Å². The smallest absolute Gasteiger partial charge is 0.340 e. The lowest BCUT2D eigenvalue weighted by Gasteiger charge is -2.25. The number of nitrogens with two attached hydrogens (primary N) is 1. The van der Waals surface area contributed by atoms with E-state index in [0.717, 1.165) is 0 Å². The summed E-state index contributed by atoms with van der Waals surface area (Å²) in [7, 11) is 1.31. The quantitative estimate of drug-likeness (QED) is 0.616. The van der Waals surface area contributed by atoms with Crippen LogP contribution >= 0.6 is 0 Å². The van der Waals surface area contributed by atoms with Crippen LogP contribution in [-0.2, 0) is 9.53 Å². The topological polar surface area (TPSA) is 84.7 Å². The Balaban J connectivity index is 3.02. The molecule has 1 amide bonds. The van der Waals surface area contributed by atoms with Crippen LogP contribution in [0.15, 0.2) is 18.2 Å². The average Bonchev–Trinajstić information content (AvgIpc) is 2.49. The largest absolute Gasteiger partial charge is 0.465 e. The Morgan fingerprint density at radius 3 is 2.48 bits per heavy atom. The van der Waals surface area contributed by atoms with Crippen LogP contribution < -0.4 is 11.1 Å². The normalized spacial score (nSPS) is 11.6. The summed E-state index contributed by atoms with van der Waals surface area (Å²) >= 11 is 0. The van der Waals surface area contributed by atoms with E-state index >= 15 is 0 Å². The summed E-state index contributed by atoms with van der Waals surface area (Å²) in [6.45, 7) is 6.86. The standard InChI is InChI=1S/C15H23N3O3/c1-5-18(6-2)14(19)10(3)17-13-11(15(20)21-4)8-7-9-12(13)16/h7-10,17H,5-6,16H2,1-4H3. The van der Waals surface area contributed by atoms with Gasteiger partial charge >= 0.3 is 5.97 Å². The Morgan fingerprint density at radius 1 is 1.33 bits per heavy atom. The molecule has 0 spiro atoms. The molecule has 0 aliphatic heterocycles. The van der Waals surface area contributed by atoms with Gasteiger partial charge in [0.1, 0.15) is 6.04 Å². The van der Waals surface area contributed by atoms with Crippen LogP contribution in [0.1, 0.15) is 31.1 Å². The van der Waals surface area contributed by atoms with Gasteiger partial charge in [0, 0.05) is 13.1 Å². The number of anilines is 2. The van der Waals surface area contributed by atoms with Gasteiger partial charge in [-0.1, -0.05) is 6.07 Å². The van der Waals surface area contributed by atoms with Crippen molar-refractivity contribution in [3.63, 3.8) is 0 Å².